The molecule has 0 aliphatic carbocycles. The molecule has 102 valence electrons. The first kappa shape index (κ1) is 12.7. The zero-order valence-corrected chi connectivity index (χ0v) is 11.5. The van der Waals surface area contributed by atoms with Gasteiger partial charge in [-0.2, -0.15) is 0 Å². The highest BCUT2D eigenvalue weighted by molar-refractivity contribution is 5.86. The van der Waals surface area contributed by atoms with Crippen molar-refractivity contribution in [1.82, 2.24) is 0 Å². The molecule has 0 atom stereocenters. The van der Waals surface area contributed by atoms with Gasteiger partial charge in [-0.3, -0.25) is 4.99 Å². The molecule has 1 heterocycles. The van der Waals surface area contributed by atoms with Crippen LogP contribution in [0.1, 0.15) is 16.7 Å². The number of ether oxygens (including phenoxy) is 2. The van der Waals surface area contributed by atoms with E-state index in [1.54, 1.807) is 0 Å². The fraction of sp³-hybridized carbons (Fsp3) is 0.235. The quantitative estimate of drug-likeness (QED) is 0.853. The Balaban J connectivity index is 1.80. The van der Waals surface area contributed by atoms with E-state index in [-0.39, 0.29) is 0 Å². The summed E-state index contributed by atoms with van der Waals surface area (Å²) in [5, 5.41) is 0. The fourth-order valence-corrected chi connectivity index (χ4v) is 2.21. The van der Waals surface area contributed by atoms with E-state index in [2.05, 4.69) is 24.0 Å². The van der Waals surface area contributed by atoms with Gasteiger partial charge >= 0.3 is 0 Å². The summed E-state index contributed by atoms with van der Waals surface area (Å²) in [6.45, 7) is 3.93. The molecule has 3 rings (SSSR count). The highest BCUT2D eigenvalue weighted by atomic mass is 16.5. The Bertz CT molecular complexity index is 620. The van der Waals surface area contributed by atoms with Gasteiger partial charge in [0.15, 0.2) is 0 Å². The number of hydrogen-bond donors (Lipinski definition) is 0. The summed E-state index contributed by atoms with van der Waals surface area (Å²) in [4.78, 5) is 4.31. The number of benzene rings is 2. The average molecular weight is 267 g/mol. The first-order chi connectivity index (χ1) is 9.83. The lowest BCUT2D eigenvalue weighted by Crippen LogP contribution is -2.01. The number of rotatable bonds is 3. The molecular weight excluding hydrogens is 250 g/mol. The molecule has 0 aromatic heterocycles. The fourth-order valence-electron chi connectivity index (χ4n) is 2.21. The second kappa shape index (κ2) is 5.78. The maximum Gasteiger partial charge on any atom is 0.132 e. The predicted molar refractivity (Wildman–Crippen MR) is 79.9 cm³/mol. The molecule has 0 N–H and O–H groups in total. The van der Waals surface area contributed by atoms with Gasteiger partial charge in [0.05, 0.1) is 6.54 Å². The Labute approximate surface area is 118 Å². The summed E-state index contributed by atoms with van der Waals surface area (Å²) in [7, 11) is 0. The van der Waals surface area contributed by atoms with Gasteiger partial charge in [-0.05, 0) is 24.1 Å². The molecule has 0 saturated carbocycles. The van der Waals surface area contributed by atoms with Crippen LogP contribution in [0.25, 0.3) is 0 Å². The molecule has 0 amide bonds. The van der Waals surface area contributed by atoms with Crippen LogP contribution in [-0.2, 0) is 6.61 Å². The summed E-state index contributed by atoms with van der Waals surface area (Å²) >= 11 is 0. The minimum absolute atomic E-state index is 0.563. The smallest absolute Gasteiger partial charge is 0.132 e. The summed E-state index contributed by atoms with van der Waals surface area (Å²) in [5.41, 5.74) is 3.33. The Kier molecular flexibility index (Phi) is 3.68. The van der Waals surface area contributed by atoms with E-state index in [0.29, 0.717) is 19.8 Å². The van der Waals surface area contributed by atoms with Gasteiger partial charge < -0.3 is 9.47 Å². The molecule has 1 aliphatic heterocycles. The topological polar surface area (TPSA) is 30.8 Å². The van der Waals surface area contributed by atoms with Crippen molar-refractivity contribution in [2.45, 2.75) is 13.5 Å². The van der Waals surface area contributed by atoms with Crippen molar-refractivity contribution in [3.8, 4) is 11.5 Å². The largest absolute Gasteiger partial charge is 0.491 e. The third-order valence-electron chi connectivity index (χ3n) is 3.27. The Morgan fingerprint density at radius 2 is 2.05 bits per heavy atom. The van der Waals surface area contributed by atoms with Crippen molar-refractivity contribution in [3.05, 3.63) is 59.2 Å². The molecule has 20 heavy (non-hydrogen) atoms. The summed E-state index contributed by atoms with van der Waals surface area (Å²) in [6, 6.07) is 14.1. The van der Waals surface area contributed by atoms with E-state index < -0.39 is 0 Å². The zero-order valence-electron chi connectivity index (χ0n) is 11.5. The molecule has 2 aromatic carbocycles. The zero-order chi connectivity index (χ0) is 13.8. The van der Waals surface area contributed by atoms with E-state index >= 15 is 0 Å². The van der Waals surface area contributed by atoms with Crippen LogP contribution in [0.2, 0.25) is 0 Å². The van der Waals surface area contributed by atoms with Crippen LogP contribution < -0.4 is 9.47 Å². The number of nitrogens with zero attached hydrogens (tertiary/aromatic N) is 1. The first-order valence-corrected chi connectivity index (χ1v) is 6.77. The number of aliphatic imine (C=N–C) groups is 1. The monoisotopic (exact) mass is 267 g/mol. The molecule has 0 spiro atoms. The van der Waals surface area contributed by atoms with Gasteiger partial charge in [0.25, 0.3) is 0 Å². The van der Waals surface area contributed by atoms with Crippen LogP contribution in [0, 0.1) is 6.92 Å². The lowest BCUT2D eigenvalue weighted by Gasteiger charge is -2.12. The van der Waals surface area contributed by atoms with Crippen LogP contribution in [0.4, 0.5) is 0 Å². The van der Waals surface area contributed by atoms with Crippen molar-refractivity contribution in [1.29, 1.82) is 0 Å². The van der Waals surface area contributed by atoms with Gasteiger partial charge in [-0.15, -0.1) is 0 Å². The van der Waals surface area contributed by atoms with Crippen LogP contribution in [0.5, 0.6) is 11.5 Å². The molecule has 2 aromatic rings. The number of hydrogen-bond acceptors (Lipinski definition) is 3. The first-order valence-electron chi connectivity index (χ1n) is 6.77. The SMILES string of the molecule is Cc1cc(OCc2ccccc2)cc2c1C=NCCO2. The molecule has 0 saturated heterocycles. The third kappa shape index (κ3) is 2.82. The Morgan fingerprint density at radius 3 is 2.90 bits per heavy atom. The van der Waals surface area contributed by atoms with Crippen molar-refractivity contribution in [3.63, 3.8) is 0 Å². The van der Waals surface area contributed by atoms with Gasteiger partial charge in [-0.25, -0.2) is 0 Å². The standard InChI is InChI=1S/C17H17NO2/c1-13-9-15(20-12-14-5-3-2-4-6-14)10-17-16(13)11-18-7-8-19-17/h2-6,9-11H,7-8,12H2,1H3. The lowest BCUT2D eigenvalue weighted by atomic mass is 10.1. The second-order valence-electron chi connectivity index (χ2n) is 4.81. The van der Waals surface area contributed by atoms with Gasteiger partial charge in [0.1, 0.15) is 24.7 Å². The van der Waals surface area contributed by atoms with E-state index in [0.717, 1.165) is 28.2 Å². The molecule has 1 aliphatic rings. The van der Waals surface area contributed by atoms with E-state index in [9.17, 15) is 0 Å². The van der Waals surface area contributed by atoms with Crippen LogP contribution >= 0.6 is 0 Å². The van der Waals surface area contributed by atoms with E-state index in [1.807, 2.05) is 36.5 Å². The Morgan fingerprint density at radius 1 is 1.20 bits per heavy atom. The summed E-state index contributed by atoms with van der Waals surface area (Å²) in [5.74, 6) is 1.69. The van der Waals surface area contributed by atoms with Crippen molar-refractivity contribution in [2.24, 2.45) is 4.99 Å². The highest BCUT2D eigenvalue weighted by Gasteiger charge is 2.11. The van der Waals surface area contributed by atoms with Crippen LogP contribution in [-0.4, -0.2) is 19.4 Å². The van der Waals surface area contributed by atoms with Crippen molar-refractivity contribution < 1.29 is 9.47 Å². The van der Waals surface area contributed by atoms with Gasteiger partial charge in [0, 0.05) is 17.8 Å². The maximum absolute atomic E-state index is 5.86. The molecule has 3 heteroatoms. The molecule has 0 fully saturated rings. The minimum atomic E-state index is 0.563. The second-order valence-corrected chi connectivity index (χ2v) is 4.81. The van der Waals surface area contributed by atoms with E-state index in [4.69, 9.17) is 9.47 Å². The Hall–Kier alpha value is -2.29. The molecular formula is C17H17NO2. The van der Waals surface area contributed by atoms with E-state index in [1.165, 1.54) is 0 Å². The van der Waals surface area contributed by atoms with Gasteiger partial charge in [-0.1, -0.05) is 30.3 Å². The van der Waals surface area contributed by atoms with Crippen LogP contribution in [0.15, 0.2) is 47.5 Å². The third-order valence-corrected chi connectivity index (χ3v) is 3.27. The molecule has 0 radical (unpaired) electrons. The normalized spacial score (nSPS) is 13.2. The highest BCUT2D eigenvalue weighted by Crippen LogP contribution is 2.29. The van der Waals surface area contributed by atoms with Crippen LogP contribution in [0.3, 0.4) is 0 Å². The average Bonchev–Trinajstić information content (AvgIpc) is 2.72. The van der Waals surface area contributed by atoms with Crippen molar-refractivity contribution in [2.75, 3.05) is 13.2 Å². The minimum Gasteiger partial charge on any atom is -0.491 e. The maximum atomic E-state index is 5.86. The summed E-state index contributed by atoms with van der Waals surface area (Å²) in [6.07, 6.45) is 1.89. The molecule has 3 nitrogen and oxygen atoms in total. The predicted octanol–water partition coefficient (Wildman–Crippen LogP) is 3.39. The summed E-state index contributed by atoms with van der Waals surface area (Å²) < 4.78 is 11.6. The number of fused-ring (bicyclic) bond motifs is 1. The lowest BCUT2D eigenvalue weighted by molar-refractivity contribution is 0.298. The molecule has 0 bridgehead atoms. The van der Waals surface area contributed by atoms with Gasteiger partial charge in [0.2, 0.25) is 0 Å². The van der Waals surface area contributed by atoms with Crippen molar-refractivity contribution >= 4 is 6.21 Å². The molecule has 0 unspecified atom stereocenters. The number of aryl methyl sites for hydroxylation is 1.